The molecule has 4 nitrogen and oxygen atoms in total. The van der Waals surface area contributed by atoms with E-state index in [1.165, 1.54) is 39.8 Å². The van der Waals surface area contributed by atoms with Crippen molar-refractivity contribution in [2.24, 2.45) is 0 Å². The maximum atomic E-state index is 6.21. The lowest BCUT2D eigenvalue weighted by Crippen LogP contribution is -2.36. The summed E-state index contributed by atoms with van der Waals surface area (Å²) in [5, 5.41) is 5.82. The lowest BCUT2D eigenvalue weighted by atomic mass is 10.0. The van der Waals surface area contributed by atoms with E-state index < -0.39 is 0 Å². The fourth-order valence-electron chi connectivity index (χ4n) is 3.41. The van der Waals surface area contributed by atoms with E-state index in [-0.39, 0.29) is 5.54 Å². The monoisotopic (exact) mass is 399 g/mol. The molecule has 0 radical (unpaired) electrons. The highest BCUT2D eigenvalue weighted by atomic mass is 32.1. The van der Waals surface area contributed by atoms with Gasteiger partial charge in [-0.2, -0.15) is 0 Å². The maximum Gasteiger partial charge on any atom is 0.132 e. The first-order valence-corrected chi connectivity index (χ1v) is 11.1. The van der Waals surface area contributed by atoms with Crippen molar-refractivity contribution in [1.29, 1.82) is 0 Å². The normalized spacial score (nSPS) is 12.3. The summed E-state index contributed by atoms with van der Waals surface area (Å²) in [5.41, 5.74) is 8.78. The first kappa shape index (κ1) is 21.0. The Balaban J connectivity index is 1.70. The molecule has 0 bridgehead atoms. The molecule has 0 amide bonds. The highest BCUT2D eigenvalue weighted by molar-refractivity contribution is 7.20. The van der Waals surface area contributed by atoms with E-state index in [0.717, 1.165) is 30.5 Å². The van der Waals surface area contributed by atoms with Crippen molar-refractivity contribution < 1.29 is 4.74 Å². The van der Waals surface area contributed by atoms with Crippen LogP contribution in [0.15, 0.2) is 24.3 Å². The Hall–Kier alpha value is -1.69. The molecule has 0 saturated heterocycles. The van der Waals surface area contributed by atoms with Crippen molar-refractivity contribution in [2.75, 3.05) is 18.9 Å². The maximum absolute atomic E-state index is 6.21. The van der Waals surface area contributed by atoms with Crippen molar-refractivity contribution in [2.45, 2.75) is 65.5 Å². The number of aromatic nitrogens is 1. The SMILES string of the molecule is CCOCc1cc2c(N)nc3ccc(CCCCCNC(C)(C)C)cc3c2s1. The van der Waals surface area contributed by atoms with E-state index in [0.29, 0.717) is 12.4 Å². The summed E-state index contributed by atoms with van der Waals surface area (Å²) >= 11 is 1.77. The summed E-state index contributed by atoms with van der Waals surface area (Å²) in [7, 11) is 0. The number of hydrogen-bond donors (Lipinski definition) is 2. The molecule has 0 unspecified atom stereocenters. The van der Waals surface area contributed by atoms with E-state index in [2.05, 4.69) is 55.3 Å². The number of fused-ring (bicyclic) bond motifs is 3. The van der Waals surface area contributed by atoms with Gasteiger partial charge in [0.2, 0.25) is 0 Å². The molecule has 1 aromatic carbocycles. The molecule has 3 rings (SSSR count). The average molecular weight is 400 g/mol. The second-order valence-corrected chi connectivity index (χ2v) is 9.57. The zero-order valence-electron chi connectivity index (χ0n) is 17.6. The molecule has 0 aliphatic carbocycles. The van der Waals surface area contributed by atoms with Crippen LogP contribution in [-0.2, 0) is 17.8 Å². The molecule has 0 aliphatic rings. The Morgan fingerprint density at radius 2 is 1.93 bits per heavy atom. The fraction of sp³-hybridized carbons (Fsp3) is 0.522. The van der Waals surface area contributed by atoms with Crippen LogP contribution in [0, 0.1) is 0 Å². The Morgan fingerprint density at radius 1 is 1.11 bits per heavy atom. The van der Waals surface area contributed by atoms with Crippen molar-refractivity contribution in [3.63, 3.8) is 0 Å². The standard InChI is InChI=1S/C23H33N3OS/c1-5-27-15-17-14-19-21(28-17)18-13-16(10-11-20(18)26-22(19)24)9-7-6-8-12-25-23(2,3)4/h10-11,13-14,25H,5-9,12,15H2,1-4H3,(H2,24,26). The molecular formula is C23H33N3OS. The quantitative estimate of drug-likeness (QED) is 0.455. The molecular weight excluding hydrogens is 366 g/mol. The summed E-state index contributed by atoms with van der Waals surface area (Å²) in [6.07, 6.45) is 4.78. The van der Waals surface area contributed by atoms with Gasteiger partial charge >= 0.3 is 0 Å². The fourth-order valence-corrected chi connectivity index (χ4v) is 4.54. The number of nitrogens with one attached hydrogen (secondary N) is 1. The van der Waals surface area contributed by atoms with Crippen LogP contribution >= 0.6 is 11.3 Å². The van der Waals surface area contributed by atoms with E-state index in [9.17, 15) is 0 Å². The second-order valence-electron chi connectivity index (χ2n) is 8.43. The van der Waals surface area contributed by atoms with Gasteiger partial charge in [0.1, 0.15) is 5.82 Å². The molecule has 2 heterocycles. The van der Waals surface area contributed by atoms with Crippen molar-refractivity contribution >= 4 is 38.1 Å². The Bertz CT molecular complexity index is 927. The summed E-state index contributed by atoms with van der Waals surface area (Å²) in [4.78, 5) is 5.82. The Labute approximate surface area is 172 Å². The molecule has 152 valence electrons. The highest BCUT2D eigenvalue weighted by Crippen LogP contribution is 2.35. The van der Waals surface area contributed by atoms with Crippen LogP contribution in [0.1, 0.15) is 57.4 Å². The van der Waals surface area contributed by atoms with E-state index >= 15 is 0 Å². The first-order chi connectivity index (χ1) is 13.4. The van der Waals surface area contributed by atoms with Gasteiger partial charge in [-0.3, -0.25) is 0 Å². The molecule has 28 heavy (non-hydrogen) atoms. The number of benzene rings is 1. The summed E-state index contributed by atoms with van der Waals surface area (Å²) < 4.78 is 6.81. The second kappa shape index (κ2) is 9.21. The van der Waals surface area contributed by atoms with Crippen LogP contribution in [0.25, 0.3) is 21.0 Å². The van der Waals surface area contributed by atoms with Crippen LogP contribution in [0.3, 0.4) is 0 Å². The van der Waals surface area contributed by atoms with Crippen molar-refractivity contribution in [1.82, 2.24) is 10.3 Å². The zero-order chi connectivity index (χ0) is 20.1. The van der Waals surface area contributed by atoms with Gasteiger partial charge in [0.15, 0.2) is 0 Å². The van der Waals surface area contributed by atoms with Gasteiger partial charge in [-0.25, -0.2) is 4.98 Å². The Morgan fingerprint density at radius 3 is 2.68 bits per heavy atom. The third-order valence-electron chi connectivity index (χ3n) is 4.85. The van der Waals surface area contributed by atoms with Gasteiger partial charge in [0, 0.05) is 32.5 Å². The van der Waals surface area contributed by atoms with Crippen LogP contribution in [0.4, 0.5) is 5.82 Å². The molecule has 3 aromatic rings. The van der Waals surface area contributed by atoms with Crippen LogP contribution in [-0.4, -0.2) is 23.7 Å². The van der Waals surface area contributed by atoms with E-state index in [1.54, 1.807) is 11.3 Å². The predicted molar refractivity (Wildman–Crippen MR) is 122 cm³/mol. The first-order valence-electron chi connectivity index (χ1n) is 10.3. The molecule has 0 aliphatic heterocycles. The number of nitrogen functional groups attached to an aromatic ring is 1. The number of rotatable bonds is 9. The number of thiophene rings is 1. The van der Waals surface area contributed by atoms with Gasteiger partial charge in [-0.05, 0) is 77.3 Å². The smallest absolute Gasteiger partial charge is 0.132 e. The zero-order valence-corrected chi connectivity index (χ0v) is 18.4. The molecule has 5 heteroatoms. The molecule has 0 saturated carbocycles. The minimum Gasteiger partial charge on any atom is -0.383 e. The number of nitrogens with two attached hydrogens (primary N) is 1. The van der Waals surface area contributed by atoms with Gasteiger partial charge in [-0.15, -0.1) is 11.3 Å². The predicted octanol–water partition coefficient (Wildman–Crippen LogP) is 5.67. The molecule has 0 fully saturated rings. The molecule has 0 atom stereocenters. The third kappa shape index (κ3) is 5.43. The highest BCUT2D eigenvalue weighted by Gasteiger charge is 2.12. The number of unbranched alkanes of at least 4 members (excludes halogenated alkanes) is 2. The van der Waals surface area contributed by atoms with Gasteiger partial charge < -0.3 is 15.8 Å². The third-order valence-corrected chi connectivity index (χ3v) is 5.99. The molecule has 3 N–H and O–H groups in total. The number of nitrogens with zero attached hydrogens (tertiary/aromatic N) is 1. The van der Waals surface area contributed by atoms with Crippen LogP contribution < -0.4 is 11.1 Å². The largest absolute Gasteiger partial charge is 0.383 e. The number of pyridine rings is 1. The number of aryl methyl sites for hydroxylation is 1. The van der Waals surface area contributed by atoms with Gasteiger partial charge in [0.05, 0.1) is 12.1 Å². The number of hydrogen-bond acceptors (Lipinski definition) is 5. The minimum absolute atomic E-state index is 0.209. The van der Waals surface area contributed by atoms with Crippen LogP contribution in [0.2, 0.25) is 0 Å². The molecule has 2 aromatic heterocycles. The van der Waals surface area contributed by atoms with Crippen molar-refractivity contribution in [3.8, 4) is 0 Å². The average Bonchev–Trinajstić information content (AvgIpc) is 3.07. The number of ether oxygens (including phenoxy) is 1. The van der Waals surface area contributed by atoms with Crippen molar-refractivity contribution in [3.05, 3.63) is 34.7 Å². The molecule has 0 spiro atoms. The van der Waals surface area contributed by atoms with Gasteiger partial charge in [-0.1, -0.05) is 12.5 Å². The van der Waals surface area contributed by atoms with Crippen LogP contribution in [0.5, 0.6) is 0 Å². The number of anilines is 1. The lowest BCUT2D eigenvalue weighted by Gasteiger charge is -2.20. The minimum atomic E-state index is 0.209. The Kier molecular flexibility index (Phi) is 6.91. The van der Waals surface area contributed by atoms with E-state index in [4.69, 9.17) is 10.5 Å². The lowest BCUT2D eigenvalue weighted by molar-refractivity contribution is 0.136. The summed E-state index contributed by atoms with van der Waals surface area (Å²) in [6, 6.07) is 8.75. The summed E-state index contributed by atoms with van der Waals surface area (Å²) in [6.45, 7) is 11.1. The summed E-state index contributed by atoms with van der Waals surface area (Å²) in [5.74, 6) is 0.612. The van der Waals surface area contributed by atoms with E-state index in [1.807, 2.05) is 6.92 Å². The topological polar surface area (TPSA) is 60.2 Å². The van der Waals surface area contributed by atoms with Gasteiger partial charge in [0.25, 0.3) is 0 Å².